The van der Waals surface area contributed by atoms with E-state index < -0.39 is 24.1 Å². The molecule has 1 aliphatic heterocycles. The molecule has 0 spiro atoms. The lowest BCUT2D eigenvalue weighted by Gasteiger charge is -2.28. The van der Waals surface area contributed by atoms with Crippen molar-refractivity contribution in [2.24, 2.45) is 0 Å². The number of nitrogens with zero attached hydrogens (tertiary/aromatic N) is 3. The predicted octanol–water partition coefficient (Wildman–Crippen LogP) is -0.138. The van der Waals surface area contributed by atoms with E-state index in [9.17, 15) is 14.7 Å². The fourth-order valence-corrected chi connectivity index (χ4v) is 2.01. The lowest BCUT2D eigenvalue weighted by atomic mass is 10.2. The number of β-amino-alcohol motifs (C(OH)–C–C–N with tert-alkyl or cyclic N) is 1. The molecule has 18 heavy (non-hydrogen) atoms. The maximum atomic E-state index is 12.1. The molecule has 2 amide bonds. The maximum Gasteiger partial charge on any atom is 0.326 e. The molecule has 1 saturated heterocycles. The summed E-state index contributed by atoms with van der Waals surface area (Å²) >= 11 is 0. The molecule has 0 aliphatic carbocycles. The average Bonchev–Trinajstić information content (AvgIpc) is 2.72. The van der Waals surface area contributed by atoms with E-state index in [0.717, 1.165) is 4.90 Å². The monoisotopic (exact) mass is 255 g/mol. The summed E-state index contributed by atoms with van der Waals surface area (Å²) in [6.45, 7) is 2.46. The summed E-state index contributed by atoms with van der Waals surface area (Å²) in [5, 5.41) is 27.0. The van der Waals surface area contributed by atoms with Crippen molar-refractivity contribution in [1.29, 1.82) is 5.26 Å². The zero-order valence-corrected chi connectivity index (χ0v) is 10.2. The first-order chi connectivity index (χ1) is 8.51. The van der Waals surface area contributed by atoms with Crippen molar-refractivity contribution in [1.82, 2.24) is 9.80 Å². The highest BCUT2D eigenvalue weighted by Crippen LogP contribution is 2.20. The molecule has 2 atom stereocenters. The number of urea groups is 1. The lowest BCUT2D eigenvalue weighted by Crippen LogP contribution is -2.48. The highest BCUT2D eigenvalue weighted by Gasteiger charge is 2.40. The molecular weight excluding hydrogens is 238 g/mol. The number of rotatable bonds is 4. The number of carboxylic acids is 1. The zero-order chi connectivity index (χ0) is 13.7. The van der Waals surface area contributed by atoms with Crippen molar-refractivity contribution in [3.8, 4) is 6.07 Å². The van der Waals surface area contributed by atoms with Crippen molar-refractivity contribution in [3.05, 3.63) is 0 Å². The van der Waals surface area contributed by atoms with Gasteiger partial charge in [0.15, 0.2) is 0 Å². The number of carbonyl (C=O) groups is 2. The molecule has 0 radical (unpaired) electrons. The second-order valence-electron chi connectivity index (χ2n) is 4.17. The molecule has 0 aromatic rings. The van der Waals surface area contributed by atoms with Crippen molar-refractivity contribution in [2.45, 2.75) is 31.9 Å². The minimum atomic E-state index is -1.11. The maximum absolute atomic E-state index is 12.1. The Labute approximate surface area is 105 Å². The van der Waals surface area contributed by atoms with E-state index in [1.165, 1.54) is 4.90 Å². The Hall–Kier alpha value is -1.81. The van der Waals surface area contributed by atoms with Crippen LogP contribution in [0.15, 0.2) is 0 Å². The summed E-state index contributed by atoms with van der Waals surface area (Å²) in [7, 11) is 0. The Balaban J connectivity index is 2.74. The Bertz CT molecular complexity index is 366. The Morgan fingerprint density at radius 3 is 2.72 bits per heavy atom. The molecule has 100 valence electrons. The predicted molar refractivity (Wildman–Crippen MR) is 61.6 cm³/mol. The number of carboxylic acid groups (broad SMARTS) is 1. The van der Waals surface area contributed by atoms with E-state index in [-0.39, 0.29) is 25.9 Å². The van der Waals surface area contributed by atoms with E-state index >= 15 is 0 Å². The zero-order valence-electron chi connectivity index (χ0n) is 10.2. The quantitative estimate of drug-likeness (QED) is 0.727. The van der Waals surface area contributed by atoms with E-state index in [4.69, 9.17) is 10.4 Å². The van der Waals surface area contributed by atoms with Crippen LogP contribution in [0, 0.1) is 11.3 Å². The summed E-state index contributed by atoms with van der Waals surface area (Å²) in [5.74, 6) is -1.11. The van der Waals surface area contributed by atoms with E-state index in [0.29, 0.717) is 6.54 Å². The Kier molecular flexibility index (Phi) is 4.92. The SMILES string of the molecule is CCN(CCC#N)C(=O)N1CC(O)CC1C(=O)O. The van der Waals surface area contributed by atoms with Crippen LogP contribution in [0.4, 0.5) is 4.79 Å². The van der Waals surface area contributed by atoms with E-state index in [1.54, 1.807) is 6.92 Å². The van der Waals surface area contributed by atoms with Gasteiger partial charge in [0, 0.05) is 26.1 Å². The minimum absolute atomic E-state index is 0.0266. The lowest BCUT2D eigenvalue weighted by molar-refractivity contribution is -0.141. The van der Waals surface area contributed by atoms with Gasteiger partial charge in [0.05, 0.1) is 18.6 Å². The van der Waals surface area contributed by atoms with Crippen LogP contribution in [-0.4, -0.2) is 63.8 Å². The van der Waals surface area contributed by atoms with Crippen LogP contribution in [0.2, 0.25) is 0 Å². The van der Waals surface area contributed by atoms with Gasteiger partial charge in [-0.25, -0.2) is 9.59 Å². The first-order valence-electron chi connectivity index (χ1n) is 5.84. The molecular formula is C11H17N3O4. The topological polar surface area (TPSA) is 105 Å². The van der Waals surface area contributed by atoms with Gasteiger partial charge < -0.3 is 20.0 Å². The van der Waals surface area contributed by atoms with Crippen LogP contribution in [0.25, 0.3) is 0 Å². The normalized spacial score (nSPS) is 22.6. The number of carbonyl (C=O) groups excluding carboxylic acids is 1. The first-order valence-corrected chi connectivity index (χ1v) is 5.84. The number of aliphatic hydroxyl groups excluding tert-OH is 1. The highest BCUT2D eigenvalue weighted by molar-refractivity contribution is 5.83. The molecule has 2 unspecified atom stereocenters. The van der Waals surface area contributed by atoms with Gasteiger partial charge in [-0.2, -0.15) is 5.26 Å². The molecule has 1 heterocycles. The van der Waals surface area contributed by atoms with Crippen LogP contribution in [0.3, 0.4) is 0 Å². The second-order valence-corrected chi connectivity index (χ2v) is 4.17. The van der Waals surface area contributed by atoms with Gasteiger partial charge in [-0.05, 0) is 6.92 Å². The molecule has 1 aliphatic rings. The van der Waals surface area contributed by atoms with Gasteiger partial charge >= 0.3 is 12.0 Å². The third-order valence-corrected chi connectivity index (χ3v) is 2.96. The Morgan fingerprint density at radius 1 is 1.56 bits per heavy atom. The van der Waals surface area contributed by atoms with Gasteiger partial charge in [0.25, 0.3) is 0 Å². The van der Waals surface area contributed by atoms with Crippen LogP contribution in [0.5, 0.6) is 0 Å². The minimum Gasteiger partial charge on any atom is -0.480 e. The van der Waals surface area contributed by atoms with Crippen LogP contribution in [0.1, 0.15) is 19.8 Å². The van der Waals surface area contributed by atoms with Gasteiger partial charge in [-0.15, -0.1) is 0 Å². The number of aliphatic hydroxyl groups is 1. The first kappa shape index (κ1) is 14.3. The number of amides is 2. The molecule has 0 aromatic heterocycles. The summed E-state index contributed by atoms with van der Waals surface area (Å²) in [4.78, 5) is 25.7. The fraction of sp³-hybridized carbons (Fsp3) is 0.727. The summed E-state index contributed by atoms with van der Waals surface area (Å²) in [6, 6.07) is 0.526. The molecule has 0 bridgehead atoms. The molecule has 0 saturated carbocycles. The van der Waals surface area contributed by atoms with Crippen molar-refractivity contribution in [3.63, 3.8) is 0 Å². The molecule has 0 aromatic carbocycles. The number of hydrogen-bond donors (Lipinski definition) is 2. The van der Waals surface area contributed by atoms with Gasteiger partial charge in [-0.1, -0.05) is 0 Å². The molecule has 2 N–H and O–H groups in total. The van der Waals surface area contributed by atoms with E-state index in [1.807, 2.05) is 6.07 Å². The van der Waals surface area contributed by atoms with Crippen molar-refractivity contribution in [2.75, 3.05) is 19.6 Å². The smallest absolute Gasteiger partial charge is 0.326 e. The van der Waals surface area contributed by atoms with E-state index in [2.05, 4.69) is 0 Å². The third kappa shape index (κ3) is 3.11. The molecule has 7 nitrogen and oxygen atoms in total. The number of hydrogen-bond acceptors (Lipinski definition) is 4. The molecule has 1 fully saturated rings. The second kappa shape index (κ2) is 6.21. The van der Waals surface area contributed by atoms with Crippen molar-refractivity contribution < 1.29 is 19.8 Å². The average molecular weight is 255 g/mol. The Morgan fingerprint density at radius 2 is 2.22 bits per heavy atom. The van der Waals surface area contributed by atoms with Gasteiger partial charge in [-0.3, -0.25) is 0 Å². The number of nitriles is 1. The third-order valence-electron chi connectivity index (χ3n) is 2.96. The standard InChI is InChI=1S/C11H17N3O4/c1-2-13(5-3-4-12)11(18)14-7-8(15)6-9(14)10(16)17/h8-9,15H,2-3,5-7H2,1H3,(H,16,17). The summed E-state index contributed by atoms with van der Waals surface area (Å²) in [5.41, 5.74) is 0. The molecule has 7 heteroatoms. The van der Waals surface area contributed by atoms with Gasteiger partial charge in [0.2, 0.25) is 0 Å². The molecule has 1 rings (SSSR count). The van der Waals surface area contributed by atoms with Gasteiger partial charge in [0.1, 0.15) is 6.04 Å². The van der Waals surface area contributed by atoms with Crippen LogP contribution >= 0.6 is 0 Å². The van der Waals surface area contributed by atoms with Crippen molar-refractivity contribution >= 4 is 12.0 Å². The number of likely N-dealkylation sites (tertiary alicyclic amines) is 1. The fourth-order valence-electron chi connectivity index (χ4n) is 2.01. The largest absolute Gasteiger partial charge is 0.480 e. The highest BCUT2D eigenvalue weighted by atomic mass is 16.4. The summed E-state index contributed by atoms with van der Waals surface area (Å²) in [6.07, 6.45) is -0.547. The summed E-state index contributed by atoms with van der Waals surface area (Å²) < 4.78 is 0. The number of aliphatic carboxylic acids is 1. The van der Waals surface area contributed by atoms with Crippen LogP contribution in [-0.2, 0) is 4.79 Å². The van der Waals surface area contributed by atoms with Crippen LogP contribution < -0.4 is 0 Å².